The van der Waals surface area contributed by atoms with E-state index in [0.29, 0.717) is 0 Å². The monoisotopic (exact) mass is 325 g/mol. The summed E-state index contributed by atoms with van der Waals surface area (Å²) in [6.45, 7) is 5.10. The molecule has 0 bridgehead atoms. The number of allylic oxidation sites excluding steroid dienone is 1. The van der Waals surface area contributed by atoms with Gasteiger partial charge in [0, 0.05) is 19.2 Å². The highest BCUT2D eigenvalue weighted by molar-refractivity contribution is 5.80. The first-order valence-corrected chi connectivity index (χ1v) is 9.40. The normalized spacial score (nSPS) is 20.5. The predicted molar refractivity (Wildman–Crippen MR) is 104 cm³/mol. The van der Waals surface area contributed by atoms with Crippen molar-refractivity contribution in [1.29, 1.82) is 0 Å². The molecule has 2 heteroatoms. The number of nitrogens with zero attached hydrogens (tertiary/aromatic N) is 1. The Morgan fingerprint density at radius 1 is 1.08 bits per heavy atom. The summed E-state index contributed by atoms with van der Waals surface area (Å²) in [5.41, 5.74) is 2.04. The molecule has 0 saturated heterocycles. The maximum Gasteiger partial charge on any atom is 0.0901 e. The fourth-order valence-corrected chi connectivity index (χ4v) is 3.11. The average molecular weight is 325 g/mol. The molecule has 130 valence electrons. The van der Waals surface area contributed by atoms with Crippen LogP contribution in [0.15, 0.2) is 59.2 Å². The van der Waals surface area contributed by atoms with Gasteiger partial charge in [-0.15, -0.1) is 0 Å². The molecule has 1 aliphatic rings. The molecule has 24 heavy (non-hydrogen) atoms. The third-order valence-electron chi connectivity index (χ3n) is 4.51. The number of rotatable bonds is 10. The van der Waals surface area contributed by atoms with E-state index in [4.69, 9.17) is 4.74 Å². The molecular weight excluding hydrogens is 294 g/mol. The van der Waals surface area contributed by atoms with Crippen LogP contribution in [0, 0.1) is 0 Å². The Labute approximate surface area is 147 Å². The van der Waals surface area contributed by atoms with E-state index in [1.54, 1.807) is 0 Å². The second kappa shape index (κ2) is 10.2. The number of benzene rings is 1. The van der Waals surface area contributed by atoms with Crippen LogP contribution in [-0.2, 0) is 4.74 Å². The molecule has 0 amide bonds. The zero-order valence-electron chi connectivity index (χ0n) is 15.2. The molecule has 0 aliphatic heterocycles. The molecule has 2 rings (SSSR count). The Balaban J connectivity index is 1.89. The minimum atomic E-state index is -0.118. The van der Waals surface area contributed by atoms with E-state index < -0.39 is 0 Å². The van der Waals surface area contributed by atoms with Crippen LogP contribution in [-0.4, -0.2) is 18.4 Å². The molecule has 0 heterocycles. The predicted octanol–water partition coefficient (Wildman–Crippen LogP) is 6.09. The van der Waals surface area contributed by atoms with Crippen LogP contribution in [0.3, 0.4) is 0 Å². The zero-order valence-corrected chi connectivity index (χ0v) is 15.2. The topological polar surface area (TPSA) is 21.6 Å². The molecule has 0 spiro atoms. The fourth-order valence-electron chi connectivity index (χ4n) is 3.11. The minimum absolute atomic E-state index is 0.118. The van der Waals surface area contributed by atoms with Crippen LogP contribution in [0.25, 0.3) is 0 Å². The van der Waals surface area contributed by atoms with Gasteiger partial charge in [-0.25, -0.2) is 0 Å². The van der Waals surface area contributed by atoms with E-state index in [1.807, 2.05) is 24.4 Å². The smallest absolute Gasteiger partial charge is 0.0901 e. The van der Waals surface area contributed by atoms with Gasteiger partial charge in [-0.05, 0) is 25.0 Å². The van der Waals surface area contributed by atoms with E-state index in [9.17, 15) is 0 Å². The first kappa shape index (κ1) is 18.7. The van der Waals surface area contributed by atoms with Gasteiger partial charge in [0.2, 0.25) is 0 Å². The quantitative estimate of drug-likeness (QED) is 0.377. The van der Waals surface area contributed by atoms with Gasteiger partial charge in [0.15, 0.2) is 0 Å². The van der Waals surface area contributed by atoms with Crippen molar-refractivity contribution in [1.82, 2.24) is 0 Å². The molecule has 0 aromatic heterocycles. The number of unbranched alkanes of at least 4 members (excludes halogenated alkanes) is 4. The van der Waals surface area contributed by atoms with Crippen LogP contribution in [0.5, 0.6) is 0 Å². The van der Waals surface area contributed by atoms with Gasteiger partial charge in [-0.1, -0.05) is 81.5 Å². The van der Waals surface area contributed by atoms with Crippen molar-refractivity contribution in [3.63, 3.8) is 0 Å². The van der Waals surface area contributed by atoms with E-state index in [2.05, 4.69) is 49.2 Å². The lowest BCUT2D eigenvalue weighted by molar-refractivity contribution is -0.00777. The Morgan fingerprint density at radius 3 is 2.54 bits per heavy atom. The van der Waals surface area contributed by atoms with Gasteiger partial charge in [0.05, 0.1) is 11.3 Å². The maximum absolute atomic E-state index is 6.10. The van der Waals surface area contributed by atoms with Crippen molar-refractivity contribution >= 4 is 6.21 Å². The lowest BCUT2D eigenvalue weighted by atomic mass is 9.88. The molecule has 1 aliphatic carbocycles. The summed E-state index contributed by atoms with van der Waals surface area (Å²) in [4.78, 5) is 4.59. The second-order valence-corrected chi connectivity index (χ2v) is 6.50. The summed E-state index contributed by atoms with van der Waals surface area (Å²) < 4.78 is 6.10. The molecule has 0 fully saturated rings. The van der Waals surface area contributed by atoms with Gasteiger partial charge in [-0.2, -0.15) is 0 Å². The summed E-state index contributed by atoms with van der Waals surface area (Å²) in [5.74, 6) is 0. The molecule has 1 atom stereocenters. The number of hydrogen-bond donors (Lipinski definition) is 0. The Kier molecular flexibility index (Phi) is 7.97. The molecule has 0 N–H and O–H groups in total. The van der Waals surface area contributed by atoms with Gasteiger partial charge in [-0.3, -0.25) is 4.99 Å². The molecule has 0 saturated carbocycles. The molecule has 1 unspecified atom stereocenters. The highest BCUT2D eigenvalue weighted by Gasteiger charge is 2.28. The van der Waals surface area contributed by atoms with Crippen molar-refractivity contribution in [2.24, 2.45) is 4.99 Å². The summed E-state index contributed by atoms with van der Waals surface area (Å²) >= 11 is 0. The lowest BCUT2D eigenvalue weighted by Gasteiger charge is -2.32. The Bertz CT molecular complexity index is 559. The van der Waals surface area contributed by atoms with Crippen molar-refractivity contribution in [3.8, 4) is 0 Å². The maximum atomic E-state index is 6.10. The number of hydrogen-bond acceptors (Lipinski definition) is 2. The van der Waals surface area contributed by atoms with Crippen molar-refractivity contribution in [2.75, 3.05) is 6.61 Å². The number of ether oxygens (including phenoxy) is 1. The third kappa shape index (κ3) is 6.09. The van der Waals surface area contributed by atoms with Crippen LogP contribution >= 0.6 is 0 Å². The summed E-state index contributed by atoms with van der Waals surface area (Å²) in [5, 5.41) is 0. The molecule has 1 aromatic rings. The van der Waals surface area contributed by atoms with E-state index in [-0.39, 0.29) is 5.60 Å². The van der Waals surface area contributed by atoms with E-state index in [0.717, 1.165) is 30.7 Å². The zero-order chi connectivity index (χ0) is 17.1. The summed E-state index contributed by atoms with van der Waals surface area (Å²) in [6.07, 6.45) is 17.0. The van der Waals surface area contributed by atoms with Gasteiger partial charge in [0.1, 0.15) is 0 Å². The summed E-state index contributed by atoms with van der Waals surface area (Å²) in [6, 6.07) is 10.2. The Morgan fingerprint density at radius 2 is 1.88 bits per heavy atom. The van der Waals surface area contributed by atoms with Gasteiger partial charge in [0.25, 0.3) is 0 Å². The van der Waals surface area contributed by atoms with E-state index in [1.165, 1.54) is 32.1 Å². The van der Waals surface area contributed by atoms with Gasteiger partial charge < -0.3 is 4.74 Å². The Hall–Kier alpha value is -1.67. The van der Waals surface area contributed by atoms with E-state index >= 15 is 0 Å². The standard InChI is InChI=1S/C22H31NO/c1-3-5-6-7-11-16-22(24-4-2)17-14-21(15-18-22)23-19-20-12-9-8-10-13-20/h8-10,12-15,17,19H,3-7,11,16,18H2,1-2H3. The van der Waals surface area contributed by atoms with Crippen molar-refractivity contribution < 1.29 is 4.74 Å². The fraction of sp³-hybridized carbons (Fsp3) is 0.500. The molecule has 0 radical (unpaired) electrons. The third-order valence-corrected chi connectivity index (χ3v) is 4.51. The first-order chi connectivity index (χ1) is 11.8. The lowest BCUT2D eigenvalue weighted by Crippen LogP contribution is -2.31. The SMILES string of the molecule is CCCCCCCC1(OCC)C=CC(N=Cc2ccccc2)=CC1. The first-order valence-electron chi connectivity index (χ1n) is 9.40. The van der Waals surface area contributed by atoms with Crippen molar-refractivity contribution in [2.45, 2.75) is 64.4 Å². The van der Waals surface area contributed by atoms with Crippen LogP contribution in [0.1, 0.15) is 64.4 Å². The minimum Gasteiger partial charge on any atom is -0.371 e. The largest absolute Gasteiger partial charge is 0.371 e. The van der Waals surface area contributed by atoms with Crippen LogP contribution in [0.2, 0.25) is 0 Å². The average Bonchev–Trinajstić information content (AvgIpc) is 2.62. The highest BCUT2D eigenvalue weighted by Crippen LogP contribution is 2.31. The summed E-state index contributed by atoms with van der Waals surface area (Å²) in [7, 11) is 0. The van der Waals surface area contributed by atoms with Crippen LogP contribution < -0.4 is 0 Å². The second-order valence-electron chi connectivity index (χ2n) is 6.50. The molecular formula is C22H31NO. The van der Waals surface area contributed by atoms with Crippen molar-refractivity contribution in [3.05, 3.63) is 59.8 Å². The molecule has 2 nitrogen and oxygen atoms in total. The van der Waals surface area contributed by atoms with Gasteiger partial charge >= 0.3 is 0 Å². The van der Waals surface area contributed by atoms with Crippen LogP contribution in [0.4, 0.5) is 0 Å². The highest BCUT2D eigenvalue weighted by atomic mass is 16.5. The number of aliphatic imine (C=N–C) groups is 1. The molecule has 1 aromatic carbocycles.